The molecule has 0 atom stereocenters. The highest BCUT2D eigenvalue weighted by molar-refractivity contribution is 6.30. The topological polar surface area (TPSA) is 46.5 Å². The predicted octanol–water partition coefficient (Wildman–Crippen LogP) is 4.28. The number of ether oxygens (including phenoxy) is 1. The number of hydrogen-bond donors (Lipinski definition) is 1. The molecule has 98 valence electrons. The molecule has 2 aromatic carbocycles. The Hall–Kier alpha value is -2.07. The minimum Gasteiger partial charge on any atom is -0.478 e. The zero-order valence-electron chi connectivity index (χ0n) is 9.98. The van der Waals surface area contributed by atoms with Crippen LogP contribution in [0.1, 0.15) is 15.9 Å². The zero-order chi connectivity index (χ0) is 14.0. The van der Waals surface area contributed by atoms with Crippen LogP contribution in [0.15, 0.2) is 36.4 Å². The van der Waals surface area contributed by atoms with Crippen molar-refractivity contribution in [2.75, 3.05) is 0 Å². The van der Waals surface area contributed by atoms with Crippen molar-refractivity contribution in [2.24, 2.45) is 0 Å². The van der Waals surface area contributed by atoms with Gasteiger partial charge in [0.15, 0.2) is 0 Å². The minimum atomic E-state index is -1.31. The van der Waals surface area contributed by atoms with Gasteiger partial charge in [-0.3, -0.25) is 0 Å². The molecule has 0 aliphatic heterocycles. The SMILES string of the molecule is Cc1cc(C(=O)O)c(F)cc1Oc1ccc(Cl)cc1. The molecule has 2 aromatic rings. The van der Waals surface area contributed by atoms with Crippen molar-refractivity contribution in [1.29, 1.82) is 0 Å². The second kappa shape index (κ2) is 5.28. The molecule has 0 aliphatic rings. The zero-order valence-corrected chi connectivity index (χ0v) is 10.7. The van der Waals surface area contributed by atoms with Crippen molar-refractivity contribution in [3.63, 3.8) is 0 Å². The summed E-state index contributed by atoms with van der Waals surface area (Å²) in [6.45, 7) is 1.65. The van der Waals surface area contributed by atoms with Crippen LogP contribution in [0.3, 0.4) is 0 Å². The van der Waals surface area contributed by atoms with E-state index in [4.69, 9.17) is 21.4 Å². The Kier molecular flexibility index (Phi) is 3.71. The summed E-state index contributed by atoms with van der Waals surface area (Å²) in [5, 5.41) is 9.37. The second-order valence-electron chi connectivity index (χ2n) is 3.96. The van der Waals surface area contributed by atoms with Gasteiger partial charge in [0.2, 0.25) is 0 Å². The van der Waals surface area contributed by atoms with E-state index in [0.29, 0.717) is 16.3 Å². The third-order valence-corrected chi connectivity index (χ3v) is 2.79. The maximum absolute atomic E-state index is 13.6. The number of carboxylic acids is 1. The fourth-order valence-electron chi connectivity index (χ4n) is 1.57. The van der Waals surface area contributed by atoms with E-state index in [1.165, 1.54) is 6.07 Å². The Balaban J connectivity index is 2.33. The lowest BCUT2D eigenvalue weighted by atomic mass is 10.1. The van der Waals surface area contributed by atoms with Crippen LogP contribution in [0.5, 0.6) is 11.5 Å². The summed E-state index contributed by atoms with van der Waals surface area (Å²) in [7, 11) is 0. The molecule has 0 aromatic heterocycles. The number of carbonyl (C=O) groups is 1. The summed E-state index contributed by atoms with van der Waals surface area (Å²) in [6, 6.07) is 8.88. The average Bonchev–Trinajstić information content (AvgIpc) is 2.35. The molecular weight excluding hydrogens is 271 g/mol. The fourth-order valence-corrected chi connectivity index (χ4v) is 1.69. The van der Waals surface area contributed by atoms with Gasteiger partial charge in [0.25, 0.3) is 0 Å². The molecule has 0 fully saturated rings. The number of carboxylic acid groups (broad SMARTS) is 1. The Morgan fingerprint density at radius 1 is 1.26 bits per heavy atom. The fraction of sp³-hybridized carbons (Fsp3) is 0.0714. The maximum atomic E-state index is 13.6. The Bertz CT molecular complexity index is 623. The monoisotopic (exact) mass is 280 g/mol. The smallest absolute Gasteiger partial charge is 0.338 e. The number of rotatable bonds is 3. The van der Waals surface area contributed by atoms with Crippen LogP contribution in [-0.2, 0) is 0 Å². The number of hydrogen-bond acceptors (Lipinski definition) is 2. The van der Waals surface area contributed by atoms with E-state index >= 15 is 0 Å². The van der Waals surface area contributed by atoms with E-state index in [2.05, 4.69) is 0 Å². The Labute approximate surface area is 114 Å². The molecule has 0 heterocycles. The molecule has 19 heavy (non-hydrogen) atoms. The van der Waals surface area contributed by atoms with Gasteiger partial charge in [-0.1, -0.05) is 11.6 Å². The van der Waals surface area contributed by atoms with Crippen molar-refractivity contribution in [3.05, 3.63) is 58.4 Å². The minimum absolute atomic E-state index is 0.268. The first-order valence-electron chi connectivity index (χ1n) is 5.44. The third-order valence-electron chi connectivity index (χ3n) is 2.54. The van der Waals surface area contributed by atoms with Crippen LogP contribution in [0.25, 0.3) is 0 Å². The van der Waals surface area contributed by atoms with Crippen LogP contribution in [0.2, 0.25) is 5.02 Å². The van der Waals surface area contributed by atoms with Gasteiger partial charge in [-0.05, 0) is 42.8 Å². The highest BCUT2D eigenvalue weighted by atomic mass is 35.5. The summed E-state index contributed by atoms with van der Waals surface area (Å²) >= 11 is 5.75. The van der Waals surface area contributed by atoms with Crippen LogP contribution in [-0.4, -0.2) is 11.1 Å². The number of halogens is 2. The highest BCUT2D eigenvalue weighted by Gasteiger charge is 2.14. The normalized spacial score (nSPS) is 10.3. The molecule has 2 rings (SSSR count). The van der Waals surface area contributed by atoms with Gasteiger partial charge in [-0.25, -0.2) is 9.18 Å². The Morgan fingerprint density at radius 3 is 2.47 bits per heavy atom. The molecule has 3 nitrogen and oxygen atoms in total. The maximum Gasteiger partial charge on any atom is 0.338 e. The molecule has 5 heteroatoms. The molecule has 0 aliphatic carbocycles. The van der Waals surface area contributed by atoms with Crippen LogP contribution < -0.4 is 4.74 Å². The second-order valence-corrected chi connectivity index (χ2v) is 4.40. The summed E-state index contributed by atoms with van der Waals surface area (Å²) in [5.41, 5.74) is 0.162. The van der Waals surface area contributed by atoms with Gasteiger partial charge < -0.3 is 9.84 Å². The predicted molar refractivity (Wildman–Crippen MR) is 69.6 cm³/mol. The van der Waals surface area contributed by atoms with Crippen LogP contribution in [0, 0.1) is 12.7 Å². The first kappa shape index (κ1) is 13.4. The molecule has 0 spiro atoms. The van der Waals surface area contributed by atoms with Crippen molar-refractivity contribution in [2.45, 2.75) is 6.92 Å². The lowest BCUT2D eigenvalue weighted by Gasteiger charge is -2.10. The van der Waals surface area contributed by atoms with Crippen molar-refractivity contribution in [3.8, 4) is 11.5 Å². The molecule has 0 unspecified atom stereocenters. The van der Waals surface area contributed by atoms with Gasteiger partial charge in [0.05, 0.1) is 5.56 Å². The first-order valence-corrected chi connectivity index (χ1v) is 5.82. The van der Waals surface area contributed by atoms with Gasteiger partial charge in [-0.15, -0.1) is 0 Å². The summed E-state index contributed by atoms with van der Waals surface area (Å²) in [5.74, 6) is -1.37. The van der Waals surface area contributed by atoms with Gasteiger partial charge >= 0.3 is 5.97 Å². The van der Waals surface area contributed by atoms with Crippen LogP contribution in [0.4, 0.5) is 4.39 Å². The number of aromatic carboxylic acids is 1. The number of benzene rings is 2. The van der Waals surface area contributed by atoms with Crippen molar-refractivity contribution < 1.29 is 19.0 Å². The Morgan fingerprint density at radius 2 is 1.89 bits per heavy atom. The summed E-state index contributed by atoms with van der Waals surface area (Å²) in [4.78, 5) is 10.8. The molecule has 1 N–H and O–H groups in total. The van der Waals surface area contributed by atoms with Crippen molar-refractivity contribution >= 4 is 17.6 Å². The molecule has 0 saturated heterocycles. The molecule has 0 saturated carbocycles. The van der Waals surface area contributed by atoms with Gasteiger partial charge in [0.1, 0.15) is 17.3 Å². The molecule has 0 bridgehead atoms. The van der Waals surface area contributed by atoms with Gasteiger partial charge in [0, 0.05) is 11.1 Å². The van der Waals surface area contributed by atoms with E-state index in [-0.39, 0.29) is 11.3 Å². The highest BCUT2D eigenvalue weighted by Crippen LogP contribution is 2.28. The lowest BCUT2D eigenvalue weighted by Crippen LogP contribution is -2.02. The molecular formula is C14H10ClFO3. The van der Waals surface area contributed by atoms with E-state index in [1.807, 2.05) is 0 Å². The van der Waals surface area contributed by atoms with Crippen molar-refractivity contribution in [1.82, 2.24) is 0 Å². The third kappa shape index (κ3) is 3.03. The van der Waals surface area contributed by atoms with E-state index in [9.17, 15) is 9.18 Å². The van der Waals surface area contributed by atoms with Crippen LogP contribution >= 0.6 is 11.6 Å². The van der Waals surface area contributed by atoms with E-state index in [0.717, 1.165) is 6.07 Å². The summed E-state index contributed by atoms with van der Waals surface area (Å²) < 4.78 is 19.1. The van der Waals surface area contributed by atoms with E-state index < -0.39 is 11.8 Å². The molecule has 0 amide bonds. The molecule has 0 radical (unpaired) electrons. The lowest BCUT2D eigenvalue weighted by molar-refractivity contribution is 0.0691. The first-order chi connectivity index (χ1) is 8.97. The quantitative estimate of drug-likeness (QED) is 0.913. The van der Waals surface area contributed by atoms with E-state index in [1.54, 1.807) is 31.2 Å². The average molecular weight is 281 g/mol. The van der Waals surface area contributed by atoms with Gasteiger partial charge in [-0.2, -0.15) is 0 Å². The largest absolute Gasteiger partial charge is 0.478 e. The number of aryl methyl sites for hydroxylation is 1. The standard InChI is InChI=1S/C14H10ClFO3/c1-8-6-11(14(17)18)12(16)7-13(8)19-10-4-2-9(15)3-5-10/h2-7H,1H3,(H,17,18). The summed E-state index contributed by atoms with van der Waals surface area (Å²) in [6.07, 6.45) is 0.